The first-order chi connectivity index (χ1) is 11.1. The maximum atomic E-state index is 11.4. The molecule has 1 aliphatic carbocycles. The van der Waals surface area contributed by atoms with Crippen molar-refractivity contribution in [2.45, 2.75) is 18.4 Å². The zero-order valence-corrected chi connectivity index (χ0v) is 13.0. The lowest BCUT2D eigenvalue weighted by molar-refractivity contribution is -0.384. The van der Waals surface area contributed by atoms with Gasteiger partial charge in [0.2, 0.25) is 0 Å². The molecule has 23 heavy (non-hydrogen) atoms. The molecule has 3 atom stereocenters. The van der Waals surface area contributed by atoms with E-state index in [0.717, 1.165) is 17.5 Å². The number of benzene rings is 2. The molecule has 0 radical (unpaired) electrons. The maximum absolute atomic E-state index is 11.4. The number of fused-ring (bicyclic) bond motifs is 3. The number of halogens is 1. The minimum absolute atomic E-state index is 0.0425. The fourth-order valence-electron chi connectivity index (χ4n) is 3.76. The molecule has 1 aliphatic heterocycles. The fraction of sp³-hybridized carbons (Fsp3) is 0.222. The molecule has 2 aliphatic rings. The number of anilines is 1. The topological polar surface area (TPSA) is 55.2 Å². The summed E-state index contributed by atoms with van der Waals surface area (Å²) >= 11 is 5.99. The highest BCUT2D eigenvalue weighted by molar-refractivity contribution is 6.30. The number of hydrogen-bond donors (Lipinski definition) is 1. The molecule has 5 heteroatoms. The normalized spacial score (nSPS) is 24.7. The maximum Gasteiger partial charge on any atom is 0.292 e. The van der Waals surface area contributed by atoms with Crippen molar-refractivity contribution in [3.8, 4) is 0 Å². The zero-order chi connectivity index (χ0) is 16.0. The van der Waals surface area contributed by atoms with Gasteiger partial charge in [0, 0.05) is 17.0 Å². The lowest BCUT2D eigenvalue weighted by Gasteiger charge is -2.37. The highest BCUT2D eigenvalue weighted by atomic mass is 35.5. The van der Waals surface area contributed by atoms with Crippen molar-refractivity contribution in [1.29, 1.82) is 0 Å². The summed E-state index contributed by atoms with van der Waals surface area (Å²) in [6, 6.07) is 13.1. The highest BCUT2D eigenvalue weighted by Gasteiger charge is 2.40. The summed E-state index contributed by atoms with van der Waals surface area (Å²) in [5, 5.41) is 15.5. The van der Waals surface area contributed by atoms with E-state index in [1.807, 2.05) is 30.3 Å². The third kappa shape index (κ3) is 2.30. The lowest BCUT2D eigenvalue weighted by atomic mass is 9.77. The third-order valence-corrected chi connectivity index (χ3v) is 5.05. The van der Waals surface area contributed by atoms with E-state index < -0.39 is 0 Å². The predicted molar refractivity (Wildman–Crippen MR) is 90.9 cm³/mol. The van der Waals surface area contributed by atoms with E-state index in [1.54, 1.807) is 12.1 Å². The van der Waals surface area contributed by atoms with Gasteiger partial charge in [-0.15, -0.1) is 0 Å². The smallest absolute Gasteiger partial charge is 0.292 e. The van der Waals surface area contributed by atoms with Gasteiger partial charge in [0.05, 0.1) is 11.0 Å². The van der Waals surface area contributed by atoms with E-state index in [2.05, 4.69) is 17.5 Å². The number of nitrogens with zero attached hydrogens (tertiary/aromatic N) is 1. The zero-order valence-electron chi connectivity index (χ0n) is 12.3. The Labute approximate surface area is 138 Å². The van der Waals surface area contributed by atoms with Crippen LogP contribution in [0.2, 0.25) is 5.02 Å². The Morgan fingerprint density at radius 1 is 1.17 bits per heavy atom. The van der Waals surface area contributed by atoms with Crippen LogP contribution in [-0.2, 0) is 0 Å². The average Bonchev–Trinajstić information content (AvgIpc) is 3.04. The Morgan fingerprint density at radius 3 is 2.70 bits per heavy atom. The van der Waals surface area contributed by atoms with Crippen LogP contribution in [0.15, 0.2) is 54.6 Å². The van der Waals surface area contributed by atoms with Crippen LogP contribution >= 0.6 is 11.6 Å². The largest absolute Gasteiger partial charge is 0.372 e. The quantitative estimate of drug-likeness (QED) is 0.476. The van der Waals surface area contributed by atoms with Crippen molar-refractivity contribution in [2.75, 3.05) is 5.32 Å². The van der Waals surface area contributed by atoms with Gasteiger partial charge in [0.1, 0.15) is 5.69 Å². The monoisotopic (exact) mass is 326 g/mol. The minimum Gasteiger partial charge on any atom is -0.372 e. The van der Waals surface area contributed by atoms with E-state index >= 15 is 0 Å². The fourth-order valence-corrected chi connectivity index (χ4v) is 3.88. The molecule has 0 saturated carbocycles. The van der Waals surface area contributed by atoms with Crippen molar-refractivity contribution in [3.05, 3.63) is 80.9 Å². The Hall–Kier alpha value is -2.33. The molecule has 1 N–H and O–H groups in total. The molecule has 0 aromatic heterocycles. The Balaban J connectivity index is 1.83. The van der Waals surface area contributed by atoms with E-state index in [9.17, 15) is 10.1 Å². The van der Waals surface area contributed by atoms with E-state index in [4.69, 9.17) is 11.6 Å². The van der Waals surface area contributed by atoms with Crippen molar-refractivity contribution in [1.82, 2.24) is 0 Å². The molecular weight excluding hydrogens is 312 g/mol. The summed E-state index contributed by atoms with van der Waals surface area (Å²) in [6.45, 7) is 0. The van der Waals surface area contributed by atoms with E-state index in [-0.39, 0.29) is 22.6 Å². The second kappa shape index (κ2) is 5.39. The molecule has 0 saturated heterocycles. The molecule has 2 aromatic rings. The van der Waals surface area contributed by atoms with Gasteiger partial charge in [-0.3, -0.25) is 10.1 Å². The molecule has 0 amide bonds. The Morgan fingerprint density at radius 2 is 1.96 bits per heavy atom. The van der Waals surface area contributed by atoms with Crippen LogP contribution < -0.4 is 5.32 Å². The van der Waals surface area contributed by atoms with E-state index in [1.165, 1.54) is 0 Å². The number of para-hydroxylation sites is 1. The van der Waals surface area contributed by atoms with E-state index in [0.29, 0.717) is 16.6 Å². The van der Waals surface area contributed by atoms with Gasteiger partial charge < -0.3 is 5.32 Å². The number of nitrogens with one attached hydrogen (secondary N) is 1. The minimum atomic E-state index is -0.316. The molecule has 0 bridgehead atoms. The number of rotatable bonds is 2. The second-order valence-electron chi connectivity index (χ2n) is 6.03. The van der Waals surface area contributed by atoms with Gasteiger partial charge in [0.25, 0.3) is 5.69 Å². The van der Waals surface area contributed by atoms with Gasteiger partial charge in [-0.05, 0) is 35.6 Å². The van der Waals surface area contributed by atoms with Crippen LogP contribution in [0.1, 0.15) is 29.5 Å². The molecule has 0 fully saturated rings. The summed E-state index contributed by atoms with van der Waals surface area (Å²) in [6.07, 6.45) is 5.32. The first kappa shape index (κ1) is 14.3. The summed E-state index contributed by atoms with van der Waals surface area (Å²) in [7, 11) is 0. The molecular formula is C18H15ClN2O2. The summed E-state index contributed by atoms with van der Waals surface area (Å²) in [5.41, 5.74) is 2.91. The van der Waals surface area contributed by atoms with Crippen molar-refractivity contribution >= 4 is 23.0 Å². The van der Waals surface area contributed by atoms with Gasteiger partial charge >= 0.3 is 0 Å². The predicted octanol–water partition coefficient (Wildman–Crippen LogP) is 5.07. The van der Waals surface area contributed by atoms with Crippen LogP contribution in [0.25, 0.3) is 0 Å². The molecule has 116 valence electrons. The number of nitro benzene ring substituents is 1. The summed E-state index contributed by atoms with van der Waals surface area (Å²) in [5.74, 6) is 0.581. The van der Waals surface area contributed by atoms with Crippen LogP contribution in [-0.4, -0.2) is 4.92 Å². The molecule has 4 nitrogen and oxygen atoms in total. The average molecular weight is 327 g/mol. The second-order valence-corrected chi connectivity index (χ2v) is 6.46. The molecule has 2 aromatic carbocycles. The third-order valence-electron chi connectivity index (χ3n) is 4.80. The number of hydrogen-bond acceptors (Lipinski definition) is 3. The Kier molecular flexibility index (Phi) is 3.34. The van der Waals surface area contributed by atoms with Crippen LogP contribution in [0.4, 0.5) is 11.4 Å². The molecule has 0 spiro atoms. The van der Waals surface area contributed by atoms with Crippen molar-refractivity contribution < 1.29 is 4.92 Å². The highest BCUT2D eigenvalue weighted by Crippen LogP contribution is 2.51. The van der Waals surface area contributed by atoms with Crippen LogP contribution in [0, 0.1) is 16.0 Å². The lowest BCUT2D eigenvalue weighted by Crippen LogP contribution is -2.29. The first-order valence-corrected chi connectivity index (χ1v) is 7.99. The number of nitro groups is 1. The molecule has 4 rings (SSSR count). The van der Waals surface area contributed by atoms with Crippen LogP contribution in [0.5, 0.6) is 0 Å². The van der Waals surface area contributed by atoms with Crippen molar-refractivity contribution in [3.63, 3.8) is 0 Å². The summed E-state index contributed by atoms with van der Waals surface area (Å²) in [4.78, 5) is 11.1. The summed E-state index contributed by atoms with van der Waals surface area (Å²) < 4.78 is 0. The molecule has 0 unspecified atom stereocenters. The number of allylic oxidation sites excluding steroid dienone is 2. The van der Waals surface area contributed by atoms with Gasteiger partial charge in [-0.2, -0.15) is 0 Å². The molecule has 1 heterocycles. The van der Waals surface area contributed by atoms with Gasteiger partial charge in [-0.1, -0.05) is 48.0 Å². The van der Waals surface area contributed by atoms with Gasteiger partial charge in [0.15, 0.2) is 0 Å². The van der Waals surface area contributed by atoms with Crippen LogP contribution in [0.3, 0.4) is 0 Å². The SMILES string of the molecule is O=[N+]([O-])c1cccc2c1N[C@@H](c1ccc(Cl)cc1)[C@@H]1CC=C[C@@H]21. The van der Waals surface area contributed by atoms with Crippen molar-refractivity contribution in [2.24, 2.45) is 5.92 Å². The van der Waals surface area contributed by atoms with Gasteiger partial charge in [-0.25, -0.2) is 0 Å². The standard InChI is InChI=1S/C18H15ClN2O2/c19-12-9-7-11(8-10-12)17-14-4-1-3-13(14)15-5-2-6-16(21(22)23)18(15)20-17/h1-3,5-10,13-14,17,20H,4H2/t13-,14-,17+/m1/s1. The first-order valence-electron chi connectivity index (χ1n) is 7.61. The Bertz CT molecular complexity index is 801.